The van der Waals surface area contributed by atoms with Gasteiger partial charge in [-0.2, -0.15) is 16.3 Å². The van der Waals surface area contributed by atoms with Crippen LogP contribution in [0.5, 0.6) is 0 Å². The molecule has 21 heavy (non-hydrogen) atoms. The summed E-state index contributed by atoms with van der Waals surface area (Å²) in [5.74, 6) is 1.95. The topological polar surface area (TPSA) is 59.2 Å². The first-order chi connectivity index (χ1) is 10.2. The molecule has 0 atom stereocenters. The van der Waals surface area contributed by atoms with E-state index < -0.39 is 0 Å². The van der Waals surface area contributed by atoms with Crippen LogP contribution in [-0.4, -0.2) is 34.0 Å². The second kappa shape index (κ2) is 6.39. The molecule has 1 aliphatic heterocycles. The molecule has 112 valence electrons. The number of likely N-dealkylation sites (tertiary alicyclic amines) is 1. The average Bonchev–Trinajstić information content (AvgIpc) is 3.16. The summed E-state index contributed by atoms with van der Waals surface area (Å²) in [7, 11) is 0. The molecule has 0 radical (unpaired) electrons. The van der Waals surface area contributed by atoms with Crippen molar-refractivity contribution in [3.8, 4) is 0 Å². The third-order valence-corrected chi connectivity index (χ3v) is 4.68. The van der Waals surface area contributed by atoms with Gasteiger partial charge in [-0.25, -0.2) is 0 Å². The third kappa shape index (κ3) is 3.50. The van der Waals surface area contributed by atoms with Crippen LogP contribution in [0.2, 0.25) is 0 Å². The Morgan fingerprint density at radius 1 is 1.48 bits per heavy atom. The lowest BCUT2D eigenvalue weighted by molar-refractivity contribution is -0.132. The van der Waals surface area contributed by atoms with Gasteiger partial charge >= 0.3 is 0 Å². The van der Waals surface area contributed by atoms with Gasteiger partial charge in [0, 0.05) is 25.4 Å². The first-order valence-corrected chi connectivity index (χ1v) is 8.25. The van der Waals surface area contributed by atoms with Crippen molar-refractivity contribution in [2.45, 2.75) is 38.5 Å². The largest absolute Gasteiger partial charge is 0.343 e. The number of rotatable bonds is 4. The summed E-state index contributed by atoms with van der Waals surface area (Å²) in [6, 6.07) is 2.09. The van der Waals surface area contributed by atoms with Gasteiger partial charge in [-0.3, -0.25) is 4.79 Å². The lowest BCUT2D eigenvalue weighted by Crippen LogP contribution is -2.38. The van der Waals surface area contributed by atoms with Gasteiger partial charge in [0.15, 0.2) is 5.82 Å². The fraction of sp³-hybridized carbons (Fsp3) is 0.533. The number of amides is 1. The van der Waals surface area contributed by atoms with Gasteiger partial charge in [-0.15, -0.1) is 0 Å². The molecule has 0 N–H and O–H groups in total. The lowest BCUT2D eigenvalue weighted by atomic mass is 9.96. The molecule has 6 heteroatoms. The van der Waals surface area contributed by atoms with Crippen molar-refractivity contribution in [3.63, 3.8) is 0 Å². The number of nitrogens with zero attached hydrogens (tertiary/aromatic N) is 3. The van der Waals surface area contributed by atoms with Crippen LogP contribution in [0, 0.1) is 6.92 Å². The molecule has 0 aliphatic carbocycles. The Balaban J connectivity index is 1.47. The maximum Gasteiger partial charge on any atom is 0.229 e. The minimum absolute atomic E-state index is 0.251. The maximum atomic E-state index is 12.2. The predicted octanol–water partition coefficient (Wildman–Crippen LogP) is 2.78. The van der Waals surface area contributed by atoms with Crippen LogP contribution in [0.1, 0.15) is 42.5 Å². The smallest absolute Gasteiger partial charge is 0.229 e. The Morgan fingerprint density at radius 3 is 2.90 bits per heavy atom. The van der Waals surface area contributed by atoms with Gasteiger partial charge in [0.1, 0.15) is 0 Å². The highest BCUT2D eigenvalue weighted by atomic mass is 32.1. The molecule has 2 aromatic rings. The van der Waals surface area contributed by atoms with E-state index in [0.29, 0.717) is 18.2 Å². The molecule has 1 fully saturated rings. The van der Waals surface area contributed by atoms with Gasteiger partial charge in [-0.05, 0) is 48.6 Å². The Kier molecular flexibility index (Phi) is 4.34. The summed E-state index contributed by atoms with van der Waals surface area (Å²) in [5.41, 5.74) is 1.25. The van der Waals surface area contributed by atoms with E-state index in [1.54, 1.807) is 11.3 Å². The maximum absolute atomic E-state index is 12.2. The molecule has 2 aromatic heterocycles. The van der Waals surface area contributed by atoms with Crippen LogP contribution in [0.25, 0.3) is 0 Å². The summed E-state index contributed by atoms with van der Waals surface area (Å²) >= 11 is 1.68. The van der Waals surface area contributed by atoms with E-state index in [0.717, 1.165) is 38.2 Å². The van der Waals surface area contributed by atoms with E-state index in [1.165, 1.54) is 5.56 Å². The molecule has 0 bridgehead atoms. The van der Waals surface area contributed by atoms with Crippen molar-refractivity contribution in [1.82, 2.24) is 15.0 Å². The van der Waals surface area contributed by atoms with E-state index in [1.807, 2.05) is 11.8 Å². The fourth-order valence-corrected chi connectivity index (χ4v) is 3.40. The SMILES string of the molecule is Cc1noc(C2CCN(C(=O)CCc3ccsc3)CC2)n1. The van der Waals surface area contributed by atoms with Crippen molar-refractivity contribution in [2.24, 2.45) is 0 Å². The summed E-state index contributed by atoms with van der Waals surface area (Å²) in [6.07, 6.45) is 3.25. The molecule has 0 saturated carbocycles. The van der Waals surface area contributed by atoms with Crippen LogP contribution in [0.4, 0.5) is 0 Å². The Hall–Kier alpha value is -1.69. The summed E-state index contributed by atoms with van der Waals surface area (Å²) in [5, 5.41) is 8.00. The molecular weight excluding hydrogens is 286 g/mol. The van der Waals surface area contributed by atoms with Crippen LogP contribution in [0.3, 0.4) is 0 Å². The van der Waals surface area contributed by atoms with Crippen molar-refractivity contribution < 1.29 is 9.32 Å². The summed E-state index contributed by atoms with van der Waals surface area (Å²) in [6.45, 7) is 3.40. The normalized spacial score (nSPS) is 16.3. The Morgan fingerprint density at radius 2 is 2.29 bits per heavy atom. The number of aryl methyl sites for hydroxylation is 2. The lowest BCUT2D eigenvalue weighted by Gasteiger charge is -2.30. The molecule has 1 saturated heterocycles. The molecule has 0 aromatic carbocycles. The van der Waals surface area contributed by atoms with Crippen LogP contribution < -0.4 is 0 Å². The first kappa shape index (κ1) is 14.3. The fourth-order valence-electron chi connectivity index (χ4n) is 2.70. The zero-order valence-electron chi connectivity index (χ0n) is 12.1. The molecule has 3 heterocycles. The van der Waals surface area contributed by atoms with E-state index in [9.17, 15) is 4.79 Å². The van der Waals surface area contributed by atoms with E-state index in [-0.39, 0.29) is 5.91 Å². The predicted molar refractivity (Wildman–Crippen MR) is 80.2 cm³/mol. The highest BCUT2D eigenvalue weighted by Crippen LogP contribution is 2.27. The highest BCUT2D eigenvalue weighted by molar-refractivity contribution is 7.07. The quantitative estimate of drug-likeness (QED) is 0.871. The van der Waals surface area contributed by atoms with Gasteiger partial charge in [0.2, 0.25) is 11.8 Å². The first-order valence-electron chi connectivity index (χ1n) is 7.31. The van der Waals surface area contributed by atoms with Gasteiger partial charge < -0.3 is 9.42 Å². The molecule has 0 unspecified atom stereocenters. The van der Waals surface area contributed by atoms with Crippen molar-refractivity contribution >= 4 is 17.2 Å². The molecular formula is C15H19N3O2S. The number of carbonyl (C=O) groups excluding carboxylic acids is 1. The summed E-state index contributed by atoms with van der Waals surface area (Å²) in [4.78, 5) is 18.5. The second-order valence-electron chi connectivity index (χ2n) is 5.47. The van der Waals surface area contributed by atoms with Crippen LogP contribution in [0.15, 0.2) is 21.3 Å². The minimum atomic E-state index is 0.251. The Bertz CT molecular complexity index is 586. The van der Waals surface area contributed by atoms with E-state index in [2.05, 4.69) is 27.0 Å². The number of thiophene rings is 1. The molecule has 1 amide bonds. The number of hydrogen-bond acceptors (Lipinski definition) is 5. The van der Waals surface area contributed by atoms with Gasteiger partial charge in [0.25, 0.3) is 0 Å². The van der Waals surface area contributed by atoms with Gasteiger partial charge in [0.05, 0.1) is 0 Å². The van der Waals surface area contributed by atoms with Crippen molar-refractivity contribution in [3.05, 3.63) is 34.1 Å². The Labute approximate surface area is 128 Å². The third-order valence-electron chi connectivity index (χ3n) is 3.95. The molecule has 5 nitrogen and oxygen atoms in total. The molecule has 0 spiro atoms. The van der Waals surface area contributed by atoms with Crippen molar-refractivity contribution in [1.29, 1.82) is 0 Å². The number of piperidine rings is 1. The standard InChI is InChI=1S/C15H19N3O2S/c1-11-16-15(20-17-11)13-4-7-18(8-5-13)14(19)3-2-12-6-9-21-10-12/h6,9-10,13H,2-5,7-8H2,1H3. The summed E-state index contributed by atoms with van der Waals surface area (Å²) < 4.78 is 5.23. The zero-order valence-corrected chi connectivity index (χ0v) is 12.9. The van der Waals surface area contributed by atoms with Crippen LogP contribution >= 0.6 is 11.3 Å². The van der Waals surface area contributed by atoms with E-state index in [4.69, 9.17) is 4.52 Å². The van der Waals surface area contributed by atoms with Gasteiger partial charge in [-0.1, -0.05) is 5.16 Å². The monoisotopic (exact) mass is 305 g/mol. The highest BCUT2D eigenvalue weighted by Gasteiger charge is 2.26. The molecule has 3 rings (SSSR count). The van der Waals surface area contributed by atoms with E-state index >= 15 is 0 Å². The number of aromatic nitrogens is 2. The second-order valence-corrected chi connectivity index (χ2v) is 6.25. The van der Waals surface area contributed by atoms with Crippen molar-refractivity contribution in [2.75, 3.05) is 13.1 Å². The van der Waals surface area contributed by atoms with Crippen LogP contribution in [-0.2, 0) is 11.2 Å². The number of carbonyl (C=O) groups is 1. The average molecular weight is 305 g/mol. The zero-order chi connectivity index (χ0) is 14.7. The molecule has 1 aliphatic rings. The minimum Gasteiger partial charge on any atom is -0.343 e. The number of hydrogen-bond donors (Lipinski definition) is 0.